The molecule has 2 aromatic rings. The van der Waals surface area contributed by atoms with Gasteiger partial charge in [-0.05, 0) is 43.7 Å². The van der Waals surface area contributed by atoms with Crippen LogP contribution >= 0.6 is 23.4 Å². The summed E-state index contributed by atoms with van der Waals surface area (Å²) in [5, 5.41) is 0.338. The third kappa shape index (κ3) is 5.51. The second kappa shape index (κ2) is 8.92. The largest absolute Gasteiger partial charge is 0.495 e. The summed E-state index contributed by atoms with van der Waals surface area (Å²) in [4.78, 5) is 25.0. The Morgan fingerprint density at radius 2 is 1.88 bits per heavy atom. The second-order valence-corrected chi connectivity index (χ2v) is 6.92. The molecule has 0 spiro atoms. The number of ether oxygens (including phenoxy) is 2. The maximum Gasteiger partial charge on any atom is 0.316 e. The fourth-order valence-corrected chi connectivity index (χ4v) is 3.27. The molecule has 0 aromatic heterocycles. The molecule has 0 aliphatic carbocycles. The van der Waals surface area contributed by atoms with Crippen molar-refractivity contribution in [2.24, 2.45) is 0 Å². The van der Waals surface area contributed by atoms with Crippen LogP contribution in [0, 0.1) is 13.8 Å². The molecule has 0 bridgehead atoms. The van der Waals surface area contributed by atoms with Gasteiger partial charge in [0.1, 0.15) is 5.75 Å². The number of hydrogen-bond acceptors (Lipinski definition) is 5. The van der Waals surface area contributed by atoms with Crippen LogP contribution < -0.4 is 4.74 Å². The minimum atomic E-state index is -0.432. The highest BCUT2D eigenvalue weighted by atomic mass is 35.5. The van der Waals surface area contributed by atoms with Crippen molar-refractivity contribution in [1.29, 1.82) is 0 Å². The van der Waals surface area contributed by atoms with E-state index in [0.717, 1.165) is 10.5 Å². The average molecular weight is 379 g/mol. The molecule has 0 saturated carbocycles. The lowest BCUT2D eigenvalue weighted by Gasteiger charge is -2.08. The van der Waals surface area contributed by atoms with Crippen molar-refractivity contribution >= 4 is 35.1 Å². The summed E-state index contributed by atoms with van der Waals surface area (Å²) >= 11 is 7.39. The number of Topliss-reactive ketones (excluding diaryl/α,β-unsaturated/α-hetero) is 1. The van der Waals surface area contributed by atoms with Crippen LogP contribution in [0.5, 0.6) is 5.75 Å². The van der Waals surface area contributed by atoms with Crippen LogP contribution in [0.1, 0.15) is 21.5 Å². The number of esters is 1. The topological polar surface area (TPSA) is 52.6 Å². The molecule has 0 unspecified atom stereocenters. The van der Waals surface area contributed by atoms with Gasteiger partial charge in [0.25, 0.3) is 0 Å². The Hall–Kier alpha value is -1.98. The summed E-state index contributed by atoms with van der Waals surface area (Å²) in [5.41, 5.74) is 2.66. The van der Waals surface area contributed by atoms with E-state index in [1.807, 2.05) is 26.0 Å². The van der Waals surface area contributed by atoms with Crippen LogP contribution in [-0.4, -0.2) is 31.2 Å². The van der Waals surface area contributed by atoms with Crippen LogP contribution in [0.15, 0.2) is 41.3 Å². The molecule has 132 valence electrons. The molecule has 2 rings (SSSR count). The molecular weight excluding hydrogens is 360 g/mol. The monoisotopic (exact) mass is 378 g/mol. The van der Waals surface area contributed by atoms with Gasteiger partial charge >= 0.3 is 5.97 Å². The Balaban J connectivity index is 1.85. The van der Waals surface area contributed by atoms with E-state index in [-0.39, 0.29) is 18.1 Å². The summed E-state index contributed by atoms with van der Waals surface area (Å²) in [5.74, 6) is -0.104. The molecule has 6 heteroatoms. The van der Waals surface area contributed by atoms with Gasteiger partial charge < -0.3 is 9.47 Å². The number of benzene rings is 2. The van der Waals surface area contributed by atoms with Crippen LogP contribution in [0.2, 0.25) is 5.02 Å². The molecule has 0 radical (unpaired) electrons. The van der Waals surface area contributed by atoms with Crippen LogP contribution in [0.3, 0.4) is 0 Å². The molecule has 0 fully saturated rings. The van der Waals surface area contributed by atoms with E-state index in [9.17, 15) is 9.59 Å². The standard InChI is InChI=1S/C19H19ClO4S/c1-12-4-7-18(13(2)8-12)25-11-19(22)24-10-16(21)14-5-6-17(23-3)15(20)9-14/h4-9H,10-11H2,1-3H3. The van der Waals surface area contributed by atoms with Crippen molar-refractivity contribution in [2.75, 3.05) is 19.5 Å². The highest BCUT2D eigenvalue weighted by molar-refractivity contribution is 8.00. The minimum absolute atomic E-state index is 0.153. The van der Waals surface area contributed by atoms with E-state index in [1.165, 1.54) is 30.5 Å². The first-order chi connectivity index (χ1) is 11.9. The van der Waals surface area contributed by atoms with E-state index in [2.05, 4.69) is 6.07 Å². The maximum atomic E-state index is 12.1. The van der Waals surface area contributed by atoms with Crippen LogP contribution in [0.25, 0.3) is 0 Å². The van der Waals surface area contributed by atoms with E-state index in [1.54, 1.807) is 12.1 Å². The lowest BCUT2D eigenvalue weighted by atomic mass is 10.1. The van der Waals surface area contributed by atoms with Gasteiger partial charge in [0.2, 0.25) is 0 Å². The molecule has 0 atom stereocenters. The van der Waals surface area contributed by atoms with E-state index >= 15 is 0 Å². The van der Waals surface area contributed by atoms with Gasteiger partial charge in [-0.15, -0.1) is 11.8 Å². The summed E-state index contributed by atoms with van der Waals surface area (Å²) in [6.45, 7) is 3.71. The Bertz CT molecular complexity index is 789. The molecular formula is C19H19ClO4S. The molecule has 25 heavy (non-hydrogen) atoms. The van der Waals surface area contributed by atoms with Crippen molar-refractivity contribution in [1.82, 2.24) is 0 Å². The molecule has 0 amide bonds. The molecule has 4 nitrogen and oxygen atoms in total. The number of thioether (sulfide) groups is 1. The fourth-order valence-electron chi connectivity index (χ4n) is 2.21. The average Bonchev–Trinajstić information content (AvgIpc) is 2.58. The predicted octanol–water partition coefficient (Wildman–Crippen LogP) is 4.48. The van der Waals surface area contributed by atoms with Crippen molar-refractivity contribution in [3.63, 3.8) is 0 Å². The van der Waals surface area contributed by atoms with Gasteiger partial charge in [-0.3, -0.25) is 9.59 Å². The number of aryl methyl sites for hydroxylation is 2. The zero-order valence-electron chi connectivity index (χ0n) is 14.3. The Morgan fingerprint density at radius 3 is 2.52 bits per heavy atom. The number of methoxy groups -OCH3 is 1. The summed E-state index contributed by atoms with van der Waals surface area (Å²) < 4.78 is 10.1. The predicted molar refractivity (Wildman–Crippen MR) is 99.9 cm³/mol. The summed E-state index contributed by atoms with van der Waals surface area (Å²) in [6.07, 6.45) is 0. The van der Waals surface area contributed by atoms with E-state index in [0.29, 0.717) is 16.3 Å². The molecule has 0 aliphatic heterocycles. The maximum absolute atomic E-state index is 12.1. The highest BCUT2D eigenvalue weighted by Gasteiger charge is 2.13. The Morgan fingerprint density at radius 1 is 1.12 bits per heavy atom. The van der Waals surface area contributed by atoms with Gasteiger partial charge in [-0.25, -0.2) is 0 Å². The molecule has 0 heterocycles. The highest BCUT2D eigenvalue weighted by Crippen LogP contribution is 2.25. The second-order valence-electron chi connectivity index (χ2n) is 5.49. The number of carbonyl (C=O) groups excluding carboxylic acids is 2. The third-order valence-electron chi connectivity index (χ3n) is 3.51. The van der Waals surface area contributed by atoms with Crippen molar-refractivity contribution in [3.05, 3.63) is 58.1 Å². The molecule has 0 aliphatic rings. The van der Waals surface area contributed by atoms with Crippen molar-refractivity contribution < 1.29 is 19.1 Å². The van der Waals surface area contributed by atoms with Gasteiger partial charge in [-0.2, -0.15) is 0 Å². The SMILES string of the molecule is COc1ccc(C(=O)COC(=O)CSc2ccc(C)cc2C)cc1Cl. The summed E-state index contributed by atoms with van der Waals surface area (Å²) in [7, 11) is 1.50. The van der Waals surface area contributed by atoms with Crippen molar-refractivity contribution in [3.8, 4) is 5.75 Å². The Labute approximate surface area is 156 Å². The van der Waals surface area contributed by atoms with E-state index in [4.69, 9.17) is 21.1 Å². The number of carbonyl (C=O) groups is 2. The molecule has 2 aromatic carbocycles. The fraction of sp³-hybridized carbons (Fsp3) is 0.263. The van der Waals surface area contributed by atoms with Gasteiger partial charge in [0.05, 0.1) is 17.9 Å². The zero-order chi connectivity index (χ0) is 18.4. The molecule has 0 saturated heterocycles. The third-order valence-corrected chi connectivity index (χ3v) is 4.96. The van der Waals surface area contributed by atoms with Crippen molar-refractivity contribution in [2.45, 2.75) is 18.7 Å². The number of halogens is 1. The van der Waals surface area contributed by atoms with Gasteiger partial charge in [-0.1, -0.05) is 29.3 Å². The summed E-state index contributed by atoms with van der Waals surface area (Å²) in [6, 6.07) is 10.7. The van der Waals surface area contributed by atoms with Gasteiger partial charge in [0.15, 0.2) is 12.4 Å². The van der Waals surface area contributed by atoms with Crippen LogP contribution in [-0.2, 0) is 9.53 Å². The lowest BCUT2D eigenvalue weighted by molar-refractivity contribution is -0.139. The minimum Gasteiger partial charge on any atom is -0.495 e. The first-order valence-corrected chi connectivity index (χ1v) is 8.99. The zero-order valence-corrected chi connectivity index (χ0v) is 15.9. The first-order valence-electron chi connectivity index (χ1n) is 7.63. The lowest BCUT2D eigenvalue weighted by Crippen LogP contribution is -2.15. The number of rotatable bonds is 7. The van der Waals surface area contributed by atoms with Crippen LogP contribution in [0.4, 0.5) is 0 Å². The van der Waals surface area contributed by atoms with Gasteiger partial charge in [0, 0.05) is 10.5 Å². The molecule has 0 N–H and O–H groups in total. The smallest absolute Gasteiger partial charge is 0.316 e. The normalized spacial score (nSPS) is 10.4. The number of ketones is 1. The quantitative estimate of drug-likeness (QED) is 0.404. The van der Waals surface area contributed by atoms with E-state index < -0.39 is 5.97 Å². The Kier molecular flexibility index (Phi) is 6.91. The number of hydrogen-bond donors (Lipinski definition) is 0. The first kappa shape index (κ1) is 19.3.